The summed E-state index contributed by atoms with van der Waals surface area (Å²) in [7, 11) is 0. The molecule has 10 aromatic carbocycles. The summed E-state index contributed by atoms with van der Waals surface area (Å²) in [4.78, 5) is 2.39. The number of rotatable bonds is 8. The molecule has 0 aliphatic heterocycles. The van der Waals surface area contributed by atoms with E-state index in [1.54, 1.807) is 0 Å². The summed E-state index contributed by atoms with van der Waals surface area (Å²) in [5.41, 5.74) is 16.5. The van der Waals surface area contributed by atoms with Crippen LogP contribution in [0.4, 0.5) is 17.1 Å². The van der Waals surface area contributed by atoms with Gasteiger partial charge in [-0.05, 0) is 129 Å². The zero-order chi connectivity index (χ0) is 41.7. The summed E-state index contributed by atoms with van der Waals surface area (Å²) in [5, 5.41) is 5.14. The maximum Gasteiger partial charge on any atom is 0.0541 e. The Morgan fingerprint density at radius 2 is 0.667 bits per heavy atom. The van der Waals surface area contributed by atoms with E-state index < -0.39 is 0 Å². The molecular formula is C60H40N2S. The third-order valence-electron chi connectivity index (χ3n) is 12.4. The summed E-state index contributed by atoms with van der Waals surface area (Å²) in [6.45, 7) is 0. The number of thiophene rings is 1. The average Bonchev–Trinajstić information content (AvgIpc) is 3.90. The van der Waals surface area contributed by atoms with Gasteiger partial charge in [0.15, 0.2) is 0 Å². The van der Waals surface area contributed by atoms with Gasteiger partial charge in [-0.3, -0.25) is 0 Å². The number of hydrogen-bond donors (Lipinski definition) is 0. The molecule has 0 atom stereocenters. The minimum Gasteiger partial charge on any atom is -0.310 e. The molecule has 63 heavy (non-hydrogen) atoms. The number of para-hydroxylation sites is 2. The molecule has 0 saturated carbocycles. The average molecular weight is 821 g/mol. The van der Waals surface area contributed by atoms with Crippen molar-refractivity contribution in [2.45, 2.75) is 0 Å². The van der Waals surface area contributed by atoms with Crippen LogP contribution < -0.4 is 4.90 Å². The van der Waals surface area contributed by atoms with Gasteiger partial charge in [-0.1, -0.05) is 158 Å². The van der Waals surface area contributed by atoms with Crippen molar-refractivity contribution in [3.63, 3.8) is 0 Å². The summed E-state index contributed by atoms with van der Waals surface area (Å²) in [6.07, 6.45) is 0. The lowest BCUT2D eigenvalue weighted by Crippen LogP contribution is -2.09. The van der Waals surface area contributed by atoms with E-state index in [1.165, 1.54) is 86.5 Å². The molecule has 296 valence electrons. The summed E-state index contributed by atoms with van der Waals surface area (Å²) in [6, 6.07) is 88.4. The lowest BCUT2D eigenvalue weighted by Gasteiger charge is -2.26. The van der Waals surface area contributed by atoms with Crippen LogP contribution in [0.5, 0.6) is 0 Å². The molecule has 2 aromatic heterocycles. The van der Waals surface area contributed by atoms with Gasteiger partial charge in [0, 0.05) is 53.7 Å². The Morgan fingerprint density at radius 1 is 0.270 bits per heavy atom. The van der Waals surface area contributed by atoms with Crippen LogP contribution in [0.15, 0.2) is 243 Å². The lowest BCUT2D eigenvalue weighted by atomic mass is 9.93. The van der Waals surface area contributed by atoms with E-state index in [0.29, 0.717) is 0 Å². The Morgan fingerprint density at radius 3 is 1.21 bits per heavy atom. The largest absolute Gasteiger partial charge is 0.310 e. The van der Waals surface area contributed by atoms with Crippen molar-refractivity contribution >= 4 is 70.4 Å². The fourth-order valence-corrected chi connectivity index (χ4v) is 10.4. The van der Waals surface area contributed by atoms with Gasteiger partial charge in [0.05, 0.1) is 11.0 Å². The molecule has 0 N–H and O–H groups in total. The number of hydrogen-bond acceptors (Lipinski definition) is 2. The quantitative estimate of drug-likeness (QED) is 0.148. The molecule has 0 spiro atoms. The van der Waals surface area contributed by atoms with Crippen LogP contribution in [-0.2, 0) is 0 Å². The van der Waals surface area contributed by atoms with Gasteiger partial charge in [0.1, 0.15) is 0 Å². The summed E-state index contributed by atoms with van der Waals surface area (Å²) in [5.74, 6) is 0. The standard InChI is InChI=1S/C60H40N2S/c1-3-13-41(14-4-1)46-37-47(42-15-5-2-6-16-42)39-48(38-46)45-27-31-50(32-28-45)61(52-35-36-56-55-19-9-12-22-59(55)63-60(56)40-52)49-29-23-43(24-30-49)44-25-33-51(34-26-44)62-57-20-10-7-17-53(57)54-18-8-11-21-58(54)62/h1-40H. The van der Waals surface area contributed by atoms with E-state index in [2.05, 4.69) is 252 Å². The molecule has 3 heteroatoms. The van der Waals surface area contributed by atoms with Crippen molar-refractivity contribution < 1.29 is 0 Å². The summed E-state index contributed by atoms with van der Waals surface area (Å²) >= 11 is 1.85. The van der Waals surface area contributed by atoms with E-state index in [4.69, 9.17) is 0 Å². The molecule has 0 unspecified atom stereocenters. The van der Waals surface area contributed by atoms with Crippen molar-refractivity contribution in [2.24, 2.45) is 0 Å². The molecule has 2 heterocycles. The van der Waals surface area contributed by atoms with Crippen molar-refractivity contribution in [3.05, 3.63) is 243 Å². The Kier molecular flexibility index (Phi) is 9.06. The Bertz CT molecular complexity index is 3470. The second-order valence-corrected chi connectivity index (χ2v) is 17.2. The van der Waals surface area contributed by atoms with Crippen molar-refractivity contribution in [1.29, 1.82) is 0 Å². The minimum absolute atomic E-state index is 1.10. The van der Waals surface area contributed by atoms with Crippen LogP contribution in [0, 0.1) is 0 Å². The molecule has 12 rings (SSSR count). The monoisotopic (exact) mass is 820 g/mol. The molecular weight excluding hydrogens is 781 g/mol. The van der Waals surface area contributed by atoms with Crippen LogP contribution in [-0.4, -0.2) is 4.57 Å². The Labute approximate surface area is 370 Å². The number of benzene rings is 10. The summed E-state index contributed by atoms with van der Waals surface area (Å²) < 4.78 is 4.96. The highest BCUT2D eigenvalue weighted by molar-refractivity contribution is 7.25. The van der Waals surface area contributed by atoms with Gasteiger partial charge in [-0.2, -0.15) is 0 Å². The Balaban J connectivity index is 0.920. The third-order valence-corrected chi connectivity index (χ3v) is 13.5. The van der Waals surface area contributed by atoms with Crippen molar-refractivity contribution in [1.82, 2.24) is 4.57 Å². The van der Waals surface area contributed by atoms with Gasteiger partial charge in [0.25, 0.3) is 0 Å². The number of aromatic nitrogens is 1. The molecule has 0 amide bonds. The van der Waals surface area contributed by atoms with Crippen LogP contribution in [0.25, 0.3) is 92.2 Å². The first-order valence-electron chi connectivity index (χ1n) is 21.5. The van der Waals surface area contributed by atoms with Crippen LogP contribution in [0.2, 0.25) is 0 Å². The molecule has 0 aliphatic carbocycles. The molecule has 0 fully saturated rings. The normalized spacial score (nSPS) is 11.5. The van der Waals surface area contributed by atoms with E-state index in [0.717, 1.165) is 22.7 Å². The zero-order valence-electron chi connectivity index (χ0n) is 34.4. The first-order chi connectivity index (χ1) is 31.2. The fraction of sp³-hybridized carbons (Fsp3) is 0. The van der Waals surface area contributed by atoms with Crippen LogP contribution in [0.3, 0.4) is 0 Å². The first kappa shape index (κ1) is 36.8. The van der Waals surface area contributed by atoms with E-state index in [1.807, 2.05) is 11.3 Å². The number of nitrogens with zero attached hydrogens (tertiary/aromatic N) is 2. The predicted molar refractivity (Wildman–Crippen MR) is 270 cm³/mol. The molecule has 0 saturated heterocycles. The topological polar surface area (TPSA) is 8.17 Å². The molecule has 2 nitrogen and oxygen atoms in total. The van der Waals surface area contributed by atoms with Gasteiger partial charge in [-0.15, -0.1) is 11.3 Å². The fourth-order valence-electron chi connectivity index (χ4n) is 9.30. The second-order valence-electron chi connectivity index (χ2n) is 16.2. The lowest BCUT2D eigenvalue weighted by molar-refractivity contribution is 1.18. The van der Waals surface area contributed by atoms with Crippen LogP contribution >= 0.6 is 11.3 Å². The highest BCUT2D eigenvalue weighted by Gasteiger charge is 2.17. The van der Waals surface area contributed by atoms with E-state index >= 15 is 0 Å². The highest BCUT2D eigenvalue weighted by atomic mass is 32.1. The number of fused-ring (bicyclic) bond motifs is 6. The van der Waals surface area contributed by atoms with Crippen LogP contribution in [0.1, 0.15) is 0 Å². The molecule has 0 bridgehead atoms. The van der Waals surface area contributed by atoms with Gasteiger partial charge < -0.3 is 9.47 Å². The van der Waals surface area contributed by atoms with Gasteiger partial charge >= 0.3 is 0 Å². The van der Waals surface area contributed by atoms with Gasteiger partial charge in [0.2, 0.25) is 0 Å². The first-order valence-corrected chi connectivity index (χ1v) is 22.3. The SMILES string of the molecule is c1ccc(-c2cc(-c3ccccc3)cc(-c3ccc(N(c4ccc(-c5ccc(-n6c7ccccc7c7ccccc76)cc5)cc4)c4ccc5c(c4)sc4ccccc45)cc3)c2)cc1. The van der Waals surface area contributed by atoms with E-state index in [9.17, 15) is 0 Å². The third kappa shape index (κ3) is 6.67. The van der Waals surface area contributed by atoms with Crippen molar-refractivity contribution in [3.8, 4) is 50.2 Å². The maximum atomic E-state index is 2.39. The predicted octanol–water partition coefficient (Wildman–Crippen LogP) is 17.3. The maximum absolute atomic E-state index is 2.39. The smallest absolute Gasteiger partial charge is 0.0541 e. The molecule has 0 aliphatic rings. The minimum atomic E-state index is 1.10. The molecule has 12 aromatic rings. The number of anilines is 3. The van der Waals surface area contributed by atoms with Crippen molar-refractivity contribution in [2.75, 3.05) is 4.90 Å². The Hall–Kier alpha value is -7.98. The van der Waals surface area contributed by atoms with Gasteiger partial charge in [-0.25, -0.2) is 0 Å². The zero-order valence-corrected chi connectivity index (χ0v) is 35.2. The molecule has 0 radical (unpaired) electrons. The second kappa shape index (κ2) is 15.5. The highest BCUT2D eigenvalue weighted by Crippen LogP contribution is 2.42. The van der Waals surface area contributed by atoms with E-state index in [-0.39, 0.29) is 0 Å².